The lowest BCUT2D eigenvalue weighted by Gasteiger charge is -2.14. The molecule has 0 saturated heterocycles. The third kappa shape index (κ3) is 7.05. The maximum absolute atomic E-state index is 12.5. The van der Waals surface area contributed by atoms with E-state index in [4.69, 9.17) is 32.7 Å². The second kappa shape index (κ2) is 11.3. The van der Waals surface area contributed by atoms with E-state index in [1.54, 1.807) is 49.4 Å². The van der Waals surface area contributed by atoms with Gasteiger partial charge < -0.3 is 9.47 Å². The Hall–Kier alpha value is -2.87. The van der Waals surface area contributed by atoms with Gasteiger partial charge in [0.25, 0.3) is 5.91 Å². The molecule has 0 fully saturated rings. The Kier molecular flexibility index (Phi) is 8.49. The van der Waals surface area contributed by atoms with Gasteiger partial charge in [-0.2, -0.15) is 5.10 Å². The predicted octanol–water partition coefficient (Wildman–Crippen LogP) is 6.20. The van der Waals surface area contributed by atoms with Crippen LogP contribution in [0.3, 0.4) is 0 Å². The Morgan fingerprint density at radius 2 is 1.73 bits per heavy atom. The Morgan fingerprint density at radius 1 is 1.03 bits per heavy atom. The SMILES string of the molecule is Cc1ccc(C(=O)Oc2ccc(Br)cc2/C=N/NC(=O)C(C)Oc2ccc(Cl)cc2Cl)cc1. The molecule has 0 radical (unpaired) electrons. The number of nitrogens with zero attached hydrogens (tertiary/aromatic N) is 1. The van der Waals surface area contributed by atoms with Gasteiger partial charge in [0.15, 0.2) is 6.10 Å². The first-order valence-corrected chi connectivity index (χ1v) is 11.3. The highest BCUT2D eigenvalue weighted by Crippen LogP contribution is 2.28. The standard InChI is InChI=1S/C24H19BrCl2N2O4/c1-14-3-5-16(6-4-14)24(31)33-21-9-7-18(25)11-17(21)13-28-29-23(30)15(2)32-22-10-8-19(26)12-20(22)27/h3-13,15H,1-2H3,(H,29,30)/b28-13+. The molecule has 0 saturated carbocycles. The van der Waals surface area contributed by atoms with Crippen LogP contribution >= 0.6 is 39.1 Å². The number of hydrogen-bond donors (Lipinski definition) is 1. The molecule has 1 atom stereocenters. The molecule has 0 spiro atoms. The maximum Gasteiger partial charge on any atom is 0.343 e. The molecular formula is C24H19BrCl2N2O4. The van der Waals surface area contributed by atoms with Gasteiger partial charge in [0, 0.05) is 15.1 Å². The summed E-state index contributed by atoms with van der Waals surface area (Å²) in [4.78, 5) is 24.8. The fourth-order valence-corrected chi connectivity index (χ4v) is 3.46. The van der Waals surface area contributed by atoms with E-state index in [9.17, 15) is 9.59 Å². The Labute approximate surface area is 209 Å². The molecule has 1 unspecified atom stereocenters. The Morgan fingerprint density at radius 3 is 2.42 bits per heavy atom. The van der Waals surface area contributed by atoms with Gasteiger partial charge in [0.2, 0.25) is 0 Å². The smallest absolute Gasteiger partial charge is 0.343 e. The number of hydrogen-bond acceptors (Lipinski definition) is 5. The maximum atomic E-state index is 12.5. The zero-order valence-electron chi connectivity index (χ0n) is 17.6. The van der Waals surface area contributed by atoms with E-state index < -0.39 is 18.0 Å². The number of hydrazone groups is 1. The molecule has 6 nitrogen and oxygen atoms in total. The van der Waals surface area contributed by atoms with Crippen LogP contribution in [-0.4, -0.2) is 24.2 Å². The zero-order chi connectivity index (χ0) is 24.0. The molecule has 1 N–H and O–H groups in total. The van der Waals surface area contributed by atoms with Gasteiger partial charge in [-0.1, -0.05) is 56.8 Å². The van der Waals surface area contributed by atoms with E-state index in [1.165, 1.54) is 12.3 Å². The average molecular weight is 550 g/mol. The van der Waals surface area contributed by atoms with Crippen molar-refractivity contribution >= 4 is 57.2 Å². The Bertz CT molecular complexity index is 1200. The molecule has 0 aromatic heterocycles. The highest BCUT2D eigenvalue weighted by molar-refractivity contribution is 9.10. The molecule has 0 aliphatic rings. The topological polar surface area (TPSA) is 77.0 Å². The largest absolute Gasteiger partial charge is 0.479 e. The van der Waals surface area contributed by atoms with Crippen LogP contribution < -0.4 is 14.9 Å². The molecule has 3 aromatic carbocycles. The fourth-order valence-electron chi connectivity index (χ4n) is 2.63. The summed E-state index contributed by atoms with van der Waals surface area (Å²) >= 11 is 15.3. The monoisotopic (exact) mass is 548 g/mol. The van der Waals surface area contributed by atoms with Crippen molar-refractivity contribution in [2.45, 2.75) is 20.0 Å². The van der Waals surface area contributed by atoms with E-state index in [0.717, 1.165) is 10.0 Å². The van der Waals surface area contributed by atoms with Crippen LogP contribution in [0.4, 0.5) is 0 Å². The van der Waals surface area contributed by atoms with E-state index >= 15 is 0 Å². The number of carbonyl (C=O) groups is 2. The molecule has 3 rings (SSSR count). The van der Waals surface area contributed by atoms with Crippen LogP contribution in [-0.2, 0) is 4.79 Å². The highest BCUT2D eigenvalue weighted by Gasteiger charge is 2.16. The quantitative estimate of drug-likeness (QED) is 0.165. The van der Waals surface area contributed by atoms with Crippen LogP contribution in [0.2, 0.25) is 10.0 Å². The predicted molar refractivity (Wildman–Crippen MR) is 133 cm³/mol. The van der Waals surface area contributed by atoms with Crippen molar-refractivity contribution in [3.63, 3.8) is 0 Å². The summed E-state index contributed by atoms with van der Waals surface area (Å²) in [5.41, 5.74) is 4.35. The first-order valence-electron chi connectivity index (χ1n) is 9.76. The molecule has 0 heterocycles. The first-order chi connectivity index (χ1) is 15.7. The minimum absolute atomic E-state index is 0.291. The van der Waals surface area contributed by atoms with E-state index in [1.807, 2.05) is 19.1 Å². The van der Waals surface area contributed by atoms with Gasteiger partial charge in [-0.25, -0.2) is 10.2 Å². The molecule has 33 heavy (non-hydrogen) atoms. The number of halogens is 3. The third-order valence-electron chi connectivity index (χ3n) is 4.41. The summed E-state index contributed by atoms with van der Waals surface area (Å²) in [5, 5.41) is 4.72. The minimum atomic E-state index is -0.873. The number of esters is 1. The number of aryl methyl sites for hydroxylation is 1. The lowest BCUT2D eigenvalue weighted by atomic mass is 10.1. The number of nitrogens with one attached hydrogen (secondary N) is 1. The number of rotatable bonds is 7. The second-order valence-electron chi connectivity index (χ2n) is 7.01. The van der Waals surface area contributed by atoms with Gasteiger partial charge in [0.1, 0.15) is 11.5 Å². The number of amides is 1. The number of benzene rings is 3. The average Bonchev–Trinajstić information content (AvgIpc) is 2.77. The van der Waals surface area contributed by atoms with Crippen LogP contribution in [0, 0.1) is 6.92 Å². The van der Waals surface area contributed by atoms with Gasteiger partial charge in [0.05, 0.1) is 16.8 Å². The van der Waals surface area contributed by atoms with Crippen LogP contribution in [0.15, 0.2) is 70.2 Å². The molecular weight excluding hydrogens is 531 g/mol. The lowest BCUT2D eigenvalue weighted by Crippen LogP contribution is -2.33. The van der Waals surface area contributed by atoms with Crippen molar-refractivity contribution in [1.82, 2.24) is 5.43 Å². The summed E-state index contributed by atoms with van der Waals surface area (Å²) in [6.07, 6.45) is 0.504. The summed E-state index contributed by atoms with van der Waals surface area (Å²) in [5.74, 6) is -0.382. The van der Waals surface area contributed by atoms with Crippen molar-refractivity contribution in [1.29, 1.82) is 0 Å². The summed E-state index contributed by atoms with van der Waals surface area (Å²) in [6, 6.07) is 16.8. The van der Waals surface area contributed by atoms with Crippen LogP contribution in [0.1, 0.15) is 28.4 Å². The molecule has 0 aliphatic heterocycles. The molecule has 9 heteroatoms. The number of carbonyl (C=O) groups excluding carboxylic acids is 2. The summed E-state index contributed by atoms with van der Waals surface area (Å²) in [7, 11) is 0. The van der Waals surface area contributed by atoms with E-state index in [2.05, 4.69) is 26.5 Å². The van der Waals surface area contributed by atoms with Gasteiger partial charge in [-0.3, -0.25) is 4.79 Å². The molecule has 3 aromatic rings. The van der Waals surface area contributed by atoms with Gasteiger partial charge >= 0.3 is 5.97 Å². The molecule has 0 bridgehead atoms. The fraction of sp³-hybridized carbons (Fsp3) is 0.125. The zero-order valence-corrected chi connectivity index (χ0v) is 20.7. The summed E-state index contributed by atoms with van der Waals surface area (Å²) in [6.45, 7) is 3.49. The minimum Gasteiger partial charge on any atom is -0.479 e. The van der Waals surface area contributed by atoms with Crippen LogP contribution in [0.5, 0.6) is 11.5 Å². The van der Waals surface area contributed by atoms with Crippen molar-refractivity contribution in [2.75, 3.05) is 0 Å². The van der Waals surface area contributed by atoms with Crippen molar-refractivity contribution in [2.24, 2.45) is 5.10 Å². The van der Waals surface area contributed by atoms with Crippen molar-refractivity contribution in [3.8, 4) is 11.5 Å². The van der Waals surface area contributed by atoms with Crippen molar-refractivity contribution < 1.29 is 19.1 Å². The Balaban J connectivity index is 1.66. The molecule has 170 valence electrons. The molecule has 0 aliphatic carbocycles. The van der Waals surface area contributed by atoms with Gasteiger partial charge in [-0.05, 0) is 62.4 Å². The molecule has 1 amide bonds. The second-order valence-corrected chi connectivity index (χ2v) is 8.77. The first kappa shape index (κ1) is 24.8. The number of ether oxygens (including phenoxy) is 2. The summed E-state index contributed by atoms with van der Waals surface area (Å²) < 4.78 is 11.8. The van der Waals surface area contributed by atoms with Gasteiger partial charge in [-0.15, -0.1) is 0 Å². The van der Waals surface area contributed by atoms with E-state index in [-0.39, 0.29) is 0 Å². The normalized spacial score (nSPS) is 11.8. The van der Waals surface area contributed by atoms with E-state index in [0.29, 0.717) is 32.7 Å². The van der Waals surface area contributed by atoms with Crippen molar-refractivity contribution in [3.05, 3.63) is 91.9 Å². The van der Waals surface area contributed by atoms with Crippen LogP contribution in [0.25, 0.3) is 0 Å². The third-order valence-corrected chi connectivity index (χ3v) is 5.43. The lowest BCUT2D eigenvalue weighted by molar-refractivity contribution is -0.127. The highest BCUT2D eigenvalue weighted by atomic mass is 79.9.